The Morgan fingerprint density at radius 3 is 1.95 bits per heavy atom. The van der Waals surface area contributed by atoms with Crippen LogP contribution in [-0.2, 0) is 75.3 Å². The topological polar surface area (TPSA) is 408 Å². The number of aromatic nitrogens is 3. The number of unbranched alkanes of at least 4 members (excludes halogenated alkanes) is 3. The number of benzene rings is 2. The lowest BCUT2D eigenvalue weighted by atomic mass is 9.77. The molecule has 0 radical (unpaired) electrons. The van der Waals surface area contributed by atoms with Crippen LogP contribution >= 0.6 is 23.2 Å². The first-order valence-electron chi connectivity index (χ1n) is 31.1. The molecule has 27 nitrogen and oxygen atoms in total. The minimum Gasteiger partial charge on any atom is -0.356 e. The highest BCUT2D eigenvalue weighted by Gasteiger charge is 2.46. The summed E-state index contributed by atoms with van der Waals surface area (Å²) in [4.78, 5) is 80.9. The van der Waals surface area contributed by atoms with Gasteiger partial charge in [0.1, 0.15) is 30.1 Å². The number of allylic oxidation sites excluding steroid dienone is 6. The van der Waals surface area contributed by atoms with E-state index in [1.165, 1.54) is 17.7 Å². The van der Waals surface area contributed by atoms with Gasteiger partial charge in [-0.05, 0) is 145 Å². The molecule has 1 aromatic heterocycles. The summed E-state index contributed by atoms with van der Waals surface area (Å²) in [5, 5.41) is 12.5. The van der Waals surface area contributed by atoms with Crippen LogP contribution in [0.4, 0.5) is 17.3 Å². The van der Waals surface area contributed by atoms with Gasteiger partial charge in [0, 0.05) is 86.4 Å². The summed E-state index contributed by atoms with van der Waals surface area (Å²) >= 11 is 11.9. The van der Waals surface area contributed by atoms with Gasteiger partial charge in [-0.1, -0.05) is 55.5 Å². The molecule has 9 N–H and O–H groups in total. The maximum absolute atomic E-state index is 13.7. The SMILES string of the molecule is Cc1ccc2c(c1)C(C)(C)C1=[N+]2CCCCCC(=O)NCCCCCNC(=O)C(CS(=O)(=O)O)CC(=O)C(CS(=O)(=O)O)NC(=O)C(CS(=O)(=O)O)NC(=O)CCCCCC2(C)C(=CC=CC=C1)N(CCCCCCNc1nc(Cl)nc(Cl)n1)c1ccc(S(=O)(=O)O)cc12. The zero-order valence-corrected chi connectivity index (χ0v) is 57.8. The molecule has 6 rings (SSSR count). The van der Waals surface area contributed by atoms with E-state index in [1.54, 1.807) is 6.07 Å². The Balaban J connectivity index is 1.31. The summed E-state index contributed by atoms with van der Waals surface area (Å²) < 4.78 is 140. The van der Waals surface area contributed by atoms with Crippen LogP contribution in [0.3, 0.4) is 0 Å². The van der Waals surface area contributed by atoms with Crippen LogP contribution < -0.4 is 31.5 Å². The molecule has 3 aromatic rings. The Kier molecular flexibility index (Phi) is 27.8. The van der Waals surface area contributed by atoms with Crippen molar-refractivity contribution in [2.45, 2.75) is 165 Å². The highest BCUT2D eigenvalue weighted by molar-refractivity contribution is 7.86. The molecule has 4 unspecified atom stereocenters. The minimum absolute atomic E-state index is 0.0488. The van der Waals surface area contributed by atoms with Gasteiger partial charge in [0.25, 0.3) is 40.5 Å². The molecule has 94 heavy (non-hydrogen) atoms. The molecule has 4 atom stereocenters. The molecule has 4 heterocycles. The number of ketones is 1. The Morgan fingerprint density at radius 2 is 1.28 bits per heavy atom. The first-order valence-corrected chi connectivity index (χ1v) is 38.1. The summed E-state index contributed by atoms with van der Waals surface area (Å²) in [6, 6.07) is 6.39. The largest absolute Gasteiger partial charge is 0.356 e. The zero-order chi connectivity index (χ0) is 69.2. The molecule has 3 aliphatic heterocycles. The number of Topliss-reactive ketones (excluding diaryl/α,β-unsaturated/α-hetero) is 1. The molecule has 4 amide bonds. The van der Waals surface area contributed by atoms with Crippen molar-refractivity contribution in [3.63, 3.8) is 0 Å². The van der Waals surface area contributed by atoms with Crippen LogP contribution in [-0.4, -0.2) is 169 Å². The molecular formula is C61H85Cl2N10O17S4+. The van der Waals surface area contributed by atoms with Gasteiger partial charge in [-0.2, -0.15) is 53.2 Å². The number of fused-ring (bicyclic) bond motifs is 5. The molecule has 0 bridgehead atoms. The number of rotatable bonds is 15. The van der Waals surface area contributed by atoms with Gasteiger partial charge in [0.2, 0.25) is 45.8 Å². The van der Waals surface area contributed by atoms with E-state index in [-0.39, 0.29) is 58.5 Å². The molecule has 3 aliphatic rings. The predicted octanol–water partition coefficient (Wildman–Crippen LogP) is 6.69. The van der Waals surface area contributed by atoms with E-state index in [2.05, 4.69) is 90.7 Å². The van der Waals surface area contributed by atoms with E-state index in [4.69, 9.17) is 23.2 Å². The molecule has 0 saturated carbocycles. The van der Waals surface area contributed by atoms with Gasteiger partial charge in [0.05, 0.1) is 22.0 Å². The fraction of sp³-hybridized carbons (Fsp3) is 0.557. The predicted molar refractivity (Wildman–Crippen MR) is 356 cm³/mol. The van der Waals surface area contributed by atoms with Crippen molar-refractivity contribution in [2.75, 3.05) is 60.2 Å². The number of nitrogens with zero attached hydrogens (tertiary/aromatic N) is 5. The van der Waals surface area contributed by atoms with Gasteiger partial charge >= 0.3 is 0 Å². The fourth-order valence-corrected chi connectivity index (χ4v) is 14.9. The number of hydrogen-bond donors (Lipinski definition) is 9. The number of carbonyl (C=O) groups excluding carboxylic acids is 5. The third kappa shape index (κ3) is 23.5. The van der Waals surface area contributed by atoms with Crippen molar-refractivity contribution in [1.29, 1.82) is 0 Å². The molecule has 0 saturated heterocycles. The fourth-order valence-electron chi connectivity index (χ4n) is 11.9. The number of amides is 4. The van der Waals surface area contributed by atoms with Crippen LogP contribution in [0.25, 0.3) is 0 Å². The normalized spacial score (nSPS) is 21.9. The van der Waals surface area contributed by atoms with Gasteiger partial charge in [-0.15, -0.1) is 0 Å². The van der Waals surface area contributed by atoms with E-state index in [0.717, 1.165) is 54.8 Å². The standard InChI is InChI=1S/C61H84Cl2N10O17S4/c1-41-25-27-48-44(35-41)60(2,3)51-21-11-7-12-22-52-61(4,45-37-43(94(88,89)90)26-28-49(45)73(52)34-19-6-5-16-32-66-59-70-57(62)69-58(63)71-59)29-15-8-13-24-54(76)67-47(40-93(85,86)87)56(78)68-46(39-92(82,83)84)50(74)36-42(38-91(79,80)81)55(77)65-31-18-10-17-30-64-53(75)23-14-9-20-33-72(48)51/h7,11-12,21-22,25-28,35,37,42,46-47H,5-6,8-10,13-20,23-24,29-34,36,38-40H2,1-4H3,(H8-,64,65,66,67,68,69,70,71,75,76,77,78,79,80,81,82,83,84,85,86,87,88,89,90)/p+1. The smallest absolute Gasteiger partial charge is 0.294 e. The molecule has 0 aliphatic carbocycles. The Hall–Kier alpha value is -6.29. The van der Waals surface area contributed by atoms with E-state index in [0.29, 0.717) is 88.8 Å². The number of nitrogens with one attached hydrogen (secondary N) is 5. The number of anilines is 2. The Labute approximate surface area is 559 Å². The van der Waals surface area contributed by atoms with Crippen molar-refractivity contribution in [2.24, 2.45) is 5.92 Å². The van der Waals surface area contributed by atoms with Crippen molar-refractivity contribution in [3.8, 4) is 0 Å². The average molecular weight is 1430 g/mol. The Morgan fingerprint density at radius 1 is 0.649 bits per heavy atom. The van der Waals surface area contributed by atoms with E-state index in [9.17, 15) is 75.9 Å². The molecule has 2 aromatic carbocycles. The highest BCUT2D eigenvalue weighted by atomic mass is 35.5. The quantitative estimate of drug-likeness (QED) is 0.0434. The van der Waals surface area contributed by atoms with Crippen LogP contribution in [0.1, 0.15) is 147 Å². The van der Waals surface area contributed by atoms with Crippen molar-refractivity contribution >= 4 is 116 Å². The second-order valence-electron chi connectivity index (χ2n) is 24.5. The van der Waals surface area contributed by atoms with Crippen LogP contribution in [0, 0.1) is 12.8 Å². The van der Waals surface area contributed by atoms with E-state index < -0.39 is 111 Å². The number of halogens is 2. The van der Waals surface area contributed by atoms with Crippen LogP contribution in [0.15, 0.2) is 77.4 Å². The maximum Gasteiger partial charge on any atom is 0.294 e. The average Bonchev–Trinajstić information content (AvgIpc) is 1.59. The lowest BCUT2D eigenvalue weighted by Crippen LogP contribution is -2.56. The number of carbonyl (C=O) groups is 5. The third-order valence-electron chi connectivity index (χ3n) is 16.6. The van der Waals surface area contributed by atoms with Crippen molar-refractivity contribution in [3.05, 3.63) is 99.7 Å². The molecule has 518 valence electrons. The second kappa shape index (κ2) is 34.1. The van der Waals surface area contributed by atoms with Crippen LogP contribution in [0.2, 0.25) is 10.6 Å². The van der Waals surface area contributed by atoms with E-state index >= 15 is 0 Å². The van der Waals surface area contributed by atoms with Gasteiger partial charge < -0.3 is 31.5 Å². The van der Waals surface area contributed by atoms with Crippen molar-refractivity contribution in [1.82, 2.24) is 36.2 Å². The lowest BCUT2D eigenvalue weighted by Gasteiger charge is -2.30. The van der Waals surface area contributed by atoms with Crippen LogP contribution in [0.5, 0.6) is 0 Å². The monoisotopic (exact) mass is 1430 g/mol. The van der Waals surface area contributed by atoms with Gasteiger partial charge in [0.15, 0.2) is 11.5 Å². The highest BCUT2D eigenvalue weighted by Crippen LogP contribution is 2.52. The summed E-state index contributed by atoms with van der Waals surface area (Å²) in [7, 11) is -20.0. The van der Waals surface area contributed by atoms with Gasteiger partial charge in [-0.25, -0.2) is 0 Å². The summed E-state index contributed by atoms with van der Waals surface area (Å²) in [6.07, 6.45) is 16.3. The lowest BCUT2D eigenvalue weighted by molar-refractivity contribution is -0.438. The molecule has 0 spiro atoms. The Bertz CT molecular complexity index is 3850. The maximum atomic E-state index is 13.7. The van der Waals surface area contributed by atoms with Gasteiger partial charge in [-0.3, -0.25) is 42.2 Å². The molecule has 0 fully saturated rings. The number of aryl methyl sites for hydroxylation is 1. The zero-order valence-electron chi connectivity index (χ0n) is 53.0. The summed E-state index contributed by atoms with van der Waals surface area (Å²) in [6.45, 7) is 10.3. The third-order valence-corrected chi connectivity index (χ3v) is 20.2. The number of hydrogen-bond acceptors (Lipinski definition) is 18. The van der Waals surface area contributed by atoms with E-state index in [1.807, 2.05) is 36.5 Å². The summed E-state index contributed by atoms with van der Waals surface area (Å²) in [5.74, 6) is -11.0. The molecule has 33 heteroatoms. The first kappa shape index (κ1) is 76.7. The van der Waals surface area contributed by atoms with Crippen molar-refractivity contribution < 1.29 is 80.4 Å². The first-order chi connectivity index (χ1) is 44.0. The minimum atomic E-state index is -5.18. The molecular weight excluding hydrogens is 1340 g/mol. The summed E-state index contributed by atoms with van der Waals surface area (Å²) in [5.41, 5.74) is 5.24. The second-order valence-corrected chi connectivity index (χ2v) is 31.1.